The van der Waals surface area contributed by atoms with Gasteiger partial charge in [0.05, 0.1) is 7.11 Å². The van der Waals surface area contributed by atoms with Crippen molar-refractivity contribution in [3.8, 4) is 5.75 Å². The first-order valence-electron chi connectivity index (χ1n) is 7.97. The van der Waals surface area contributed by atoms with Crippen molar-refractivity contribution in [2.75, 3.05) is 20.2 Å². The van der Waals surface area contributed by atoms with Crippen molar-refractivity contribution < 1.29 is 4.74 Å². The summed E-state index contributed by atoms with van der Waals surface area (Å²) in [7, 11) is 1.80. The average molecular weight is 275 g/mol. The number of ether oxygens (including phenoxy) is 1. The summed E-state index contributed by atoms with van der Waals surface area (Å²) in [5, 5.41) is 3.53. The molecule has 0 aliphatic carbocycles. The predicted molar refractivity (Wildman–Crippen MR) is 86.0 cm³/mol. The van der Waals surface area contributed by atoms with Crippen LogP contribution in [0.2, 0.25) is 0 Å². The molecule has 0 aromatic heterocycles. The number of hydrogen-bond acceptors (Lipinski definition) is 2. The first kappa shape index (κ1) is 15.4. The first-order valence-corrected chi connectivity index (χ1v) is 7.97. The van der Waals surface area contributed by atoms with E-state index in [0.717, 1.165) is 12.3 Å². The molecule has 1 saturated heterocycles. The quantitative estimate of drug-likeness (QED) is 0.879. The van der Waals surface area contributed by atoms with Crippen molar-refractivity contribution in [2.24, 2.45) is 0 Å². The van der Waals surface area contributed by atoms with Gasteiger partial charge in [0.1, 0.15) is 5.75 Å². The van der Waals surface area contributed by atoms with Crippen molar-refractivity contribution in [1.82, 2.24) is 5.32 Å². The lowest BCUT2D eigenvalue weighted by Gasteiger charge is -2.27. The molecule has 1 aromatic carbocycles. The number of benzene rings is 1. The molecule has 1 fully saturated rings. The Morgan fingerprint density at radius 2 is 1.70 bits per heavy atom. The van der Waals surface area contributed by atoms with E-state index in [4.69, 9.17) is 4.74 Å². The maximum absolute atomic E-state index is 5.73. The predicted octanol–water partition coefficient (Wildman–Crippen LogP) is 4.41. The van der Waals surface area contributed by atoms with Crippen LogP contribution in [0.5, 0.6) is 5.75 Å². The number of methoxy groups -OCH3 is 1. The zero-order chi connectivity index (χ0) is 14.7. The van der Waals surface area contributed by atoms with Gasteiger partial charge < -0.3 is 10.1 Å². The van der Waals surface area contributed by atoms with Crippen molar-refractivity contribution in [2.45, 2.75) is 58.3 Å². The van der Waals surface area contributed by atoms with Crippen LogP contribution in [0.1, 0.15) is 75.0 Å². The Balaban J connectivity index is 2.47. The third-order valence-corrected chi connectivity index (χ3v) is 4.39. The van der Waals surface area contributed by atoms with Gasteiger partial charge in [-0.2, -0.15) is 0 Å². The highest BCUT2D eigenvalue weighted by Gasteiger charge is 2.21. The van der Waals surface area contributed by atoms with E-state index in [-0.39, 0.29) is 0 Å². The van der Waals surface area contributed by atoms with E-state index in [1.807, 2.05) is 0 Å². The number of nitrogens with one attached hydrogen (secondary N) is 1. The largest absolute Gasteiger partial charge is 0.496 e. The van der Waals surface area contributed by atoms with Gasteiger partial charge >= 0.3 is 0 Å². The smallest absolute Gasteiger partial charge is 0.125 e. The van der Waals surface area contributed by atoms with Gasteiger partial charge in [-0.15, -0.1) is 0 Å². The summed E-state index contributed by atoms with van der Waals surface area (Å²) in [5.74, 6) is 2.75. The summed E-state index contributed by atoms with van der Waals surface area (Å²) in [4.78, 5) is 0. The van der Waals surface area contributed by atoms with Gasteiger partial charge in [-0.05, 0) is 53.8 Å². The van der Waals surface area contributed by atoms with Crippen LogP contribution >= 0.6 is 0 Å². The van der Waals surface area contributed by atoms with Crippen molar-refractivity contribution in [3.05, 3.63) is 28.8 Å². The Morgan fingerprint density at radius 3 is 2.10 bits per heavy atom. The summed E-state index contributed by atoms with van der Waals surface area (Å²) < 4.78 is 5.73. The molecule has 2 rings (SSSR count). The molecule has 2 heteroatoms. The Kier molecular flexibility index (Phi) is 5.09. The summed E-state index contributed by atoms with van der Waals surface area (Å²) in [6.45, 7) is 11.3. The topological polar surface area (TPSA) is 21.3 Å². The van der Waals surface area contributed by atoms with Gasteiger partial charge in [0.25, 0.3) is 0 Å². The first-order chi connectivity index (χ1) is 9.54. The molecular formula is C18H29NO. The van der Waals surface area contributed by atoms with E-state index >= 15 is 0 Å². The van der Waals surface area contributed by atoms with Crippen LogP contribution in [-0.2, 0) is 0 Å². The van der Waals surface area contributed by atoms with Gasteiger partial charge in [0, 0.05) is 6.54 Å². The molecule has 0 saturated carbocycles. The molecule has 1 heterocycles. The van der Waals surface area contributed by atoms with Crippen LogP contribution in [0.25, 0.3) is 0 Å². The molecule has 0 spiro atoms. The highest BCUT2D eigenvalue weighted by molar-refractivity contribution is 5.48. The highest BCUT2D eigenvalue weighted by Crippen LogP contribution is 2.38. The molecule has 0 bridgehead atoms. The Hall–Kier alpha value is -1.02. The lowest BCUT2D eigenvalue weighted by molar-refractivity contribution is 0.399. The van der Waals surface area contributed by atoms with Crippen LogP contribution in [-0.4, -0.2) is 20.2 Å². The van der Waals surface area contributed by atoms with Crippen LogP contribution in [0.15, 0.2) is 12.1 Å². The number of piperidine rings is 1. The third kappa shape index (κ3) is 3.17. The molecule has 1 atom stereocenters. The molecule has 20 heavy (non-hydrogen) atoms. The standard InChI is InChI=1S/C18H29NO/c1-12(2)16-9-15(14-7-6-8-19-11-14)10-17(13(3)4)18(16)20-5/h9-10,12-14,19H,6-8,11H2,1-5H3. The molecular weight excluding hydrogens is 246 g/mol. The van der Waals surface area contributed by atoms with Crippen molar-refractivity contribution >= 4 is 0 Å². The lowest BCUT2D eigenvalue weighted by Crippen LogP contribution is -2.28. The van der Waals surface area contributed by atoms with E-state index in [0.29, 0.717) is 17.8 Å². The molecule has 2 nitrogen and oxygen atoms in total. The molecule has 112 valence electrons. The molecule has 1 aliphatic rings. The summed E-state index contributed by atoms with van der Waals surface area (Å²) in [6.07, 6.45) is 2.58. The molecule has 0 radical (unpaired) electrons. The van der Waals surface area contributed by atoms with Gasteiger partial charge in [-0.3, -0.25) is 0 Å². The van der Waals surface area contributed by atoms with Gasteiger partial charge in [-0.25, -0.2) is 0 Å². The average Bonchev–Trinajstić information content (AvgIpc) is 2.46. The van der Waals surface area contributed by atoms with E-state index in [9.17, 15) is 0 Å². The van der Waals surface area contributed by atoms with Crippen LogP contribution in [0.4, 0.5) is 0 Å². The highest BCUT2D eigenvalue weighted by atomic mass is 16.5. The van der Waals surface area contributed by atoms with Crippen molar-refractivity contribution in [1.29, 1.82) is 0 Å². The molecule has 0 amide bonds. The Morgan fingerprint density at radius 1 is 1.10 bits per heavy atom. The molecule has 1 aliphatic heterocycles. The maximum Gasteiger partial charge on any atom is 0.125 e. The monoisotopic (exact) mass is 275 g/mol. The second-order valence-electron chi connectivity index (χ2n) is 6.59. The van der Waals surface area contributed by atoms with Gasteiger partial charge in [0.15, 0.2) is 0 Å². The Bertz CT molecular complexity index is 416. The molecule has 1 aromatic rings. The third-order valence-electron chi connectivity index (χ3n) is 4.39. The van der Waals surface area contributed by atoms with Crippen LogP contribution in [0, 0.1) is 0 Å². The van der Waals surface area contributed by atoms with Gasteiger partial charge in [-0.1, -0.05) is 39.8 Å². The van der Waals surface area contributed by atoms with Crippen LogP contribution < -0.4 is 10.1 Å². The Labute approximate surface area is 123 Å². The number of rotatable bonds is 4. The minimum absolute atomic E-state index is 0.499. The fourth-order valence-corrected chi connectivity index (χ4v) is 3.16. The summed E-state index contributed by atoms with van der Waals surface area (Å²) in [6, 6.07) is 4.76. The summed E-state index contributed by atoms with van der Waals surface area (Å²) >= 11 is 0. The second-order valence-corrected chi connectivity index (χ2v) is 6.59. The minimum atomic E-state index is 0.499. The van der Waals surface area contributed by atoms with Crippen LogP contribution in [0.3, 0.4) is 0 Å². The maximum atomic E-state index is 5.73. The fraction of sp³-hybridized carbons (Fsp3) is 0.667. The summed E-state index contributed by atoms with van der Waals surface area (Å²) in [5.41, 5.74) is 4.21. The second kappa shape index (κ2) is 6.62. The van der Waals surface area contributed by atoms with E-state index < -0.39 is 0 Å². The zero-order valence-electron chi connectivity index (χ0n) is 13.6. The molecule has 1 N–H and O–H groups in total. The molecule has 1 unspecified atom stereocenters. The zero-order valence-corrected chi connectivity index (χ0v) is 13.6. The van der Waals surface area contributed by atoms with Crippen molar-refractivity contribution in [3.63, 3.8) is 0 Å². The SMILES string of the molecule is COc1c(C(C)C)cc(C2CCCNC2)cc1C(C)C. The lowest BCUT2D eigenvalue weighted by atomic mass is 9.85. The van der Waals surface area contributed by atoms with E-state index in [1.165, 1.54) is 36.1 Å². The van der Waals surface area contributed by atoms with E-state index in [1.54, 1.807) is 7.11 Å². The van der Waals surface area contributed by atoms with E-state index in [2.05, 4.69) is 45.1 Å². The fourth-order valence-electron chi connectivity index (χ4n) is 3.16. The normalized spacial score (nSPS) is 19.6. The van der Waals surface area contributed by atoms with Gasteiger partial charge in [0.2, 0.25) is 0 Å². The number of hydrogen-bond donors (Lipinski definition) is 1. The minimum Gasteiger partial charge on any atom is -0.496 e.